The lowest BCUT2D eigenvalue weighted by Crippen LogP contribution is -2.19. The summed E-state index contributed by atoms with van der Waals surface area (Å²) in [4.78, 5) is 11.7. The number of nitrogens with zero attached hydrogens (tertiary/aromatic N) is 1. The topological polar surface area (TPSA) is 70.9 Å². The zero-order valence-electron chi connectivity index (χ0n) is 11.9. The highest BCUT2D eigenvalue weighted by atomic mass is 19.1. The van der Waals surface area contributed by atoms with Gasteiger partial charge in [0.2, 0.25) is 5.91 Å². The monoisotopic (exact) mass is 302 g/mol. The number of amides is 1. The number of carbonyl (C=O) groups excluding carboxylic acids is 1. The number of carbonyl (C=O) groups is 1. The fourth-order valence-corrected chi connectivity index (χ4v) is 1.85. The fraction of sp³-hybridized carbons (Fsp3) is 0.125. The number of hydrogen-bond acceptors (Lipinski definition) is 4. The van der Waals surface area contributed by atoms with Crippen molar-refractivity contribution in [2.24, 2.45) is 5.10 Å². The molecule has 2 aromatic carbocycles. The second-order valence-electron chi connectivity index (χ2n) is 4.53. The van der Waals surface area contributed by atoms with Crippen molar-refractivity contribution in [1.82, 2.24) is 5.43 Å². The van der Waals surface area contributed by atoms with Crippen LogP contribution in [0.2, 0.25) is 0 Å². The van der Waals surface area contributed by atoms with Crippen molar-refractivity contribution in [3.8, 4) is 11.5 Å². The van der Waals surface area contributed by atoms with Crippen molar-refractivity contribution in [3.05, 3.63) is 59.4 Å². The van der Waals surface area contributed by atoms with Gasteiger partial charge in [-0.15, -0.1) is 0 Å². The van der Waals surface area contributed by atoms with Crippen LogP contribution in [0, 0.1) is 5.82 Å². The van der Waals surface area contributed by atoms with Crippen LogP contribution in [0.25, 0.3) is 0 Å². The van der Waals surface area contributed by atoms with Gasteiger partial charge in [0.15, 0.2) is 0 Å². The Morgan fingerprint density at radius 2 is 2.18 bits per heavy atom. The molecule has 0 spiro atoms. The Balaban J connectivity index is 1.96. The molecular formula is C16H15FN2O3. The number of rotatable bonds is 5. The van der Waals surface area contributed by atoms with Crippen LogP contribution in [0.4, 0.5) is 4.39 Å². The molecule has 6 heteroatoms. The summed E-state index contributed by atoms with van der Waals surface area (Å²) in [5.74, 6) is -0.241. The average Bonchev–Trinajstić information content (AvgIpc) is 2.48. The van der Waals surface area contributed by atoms with E-state index in [1.54, 1.807) is 18.2 Å². The molecule has 0 heterocycles. The molecule has 0 atom stereocenters. The van der Waals surface area contributed by atoms with E-state index in [4.69, 9.17) is 4.74 Å². The Labute approximate surface area is 127 Å². The molecule has 0 aliphatic carbocycles. The Morgan fingerprint density at radius 3 is 2.91 bits per heavy atom. The molecule has 0 bridgehead atoms. The predicted molar refractivity (Wildman–Crippen MR) is 80.5 cm³/mol. The van der Waals surface area contributed by atoms with Crippen LogP contribution in [0.15, 0.2) is 47.6 Å². The lowest BCUT2D eigenvalue weighted by Gasteiger charge is -2.05. The second-order valence-corrected chi connectivity index (χ2v) is 4.53. The summed E-state index contributed by atoms with van der Waals surface area (Å²) in [6.45, 7) is 0. The van der Waals surface area contributed by atoms with Gasteiger partial charge in [0.1, 0.15) is 17.3 Å². The third-order valence-electron chi connectivity index (χ3n) is 2.86. The summed E-state index contributed by atoms with van der Waals surface area (Å²) in [5.41, 5.74) is 3.52. The lowest BCUT2D eigenvalue weighted by atomic mass is 10.1. The summed E-state index contributed by atoms with van der Waals surface area (Å²) in [6.07, 6.45) is 1.43. The molecule has 1 amide bonds. The number of methoxy groups -OCH3 is 1. The van der Waals surface area contributed by atoms with Crippen molar-refractivity contribution in [3.63, 3.8) is 0 Å². The molecule has 0 saturated heterocycles. The third kappa shape index (κ3) is 4.31. The number of ether oxygens (including phenoxy) is 1. The Morgan fingerprint density at radius 1 is 1.36 bits per heavy atom. The highest BCUT2D eigenvalue weighted by Gasteiger charge is 2.04. The van der Waals surface area contributed by atoms with Crippen molar-refractivity contribution in [2.75, 3.05) is 7.11 Å². The maximum absolute atomic E-state index is 13.0. The normalized spacial score (nSPS) is 10.6. The number of hydrogen-bond donors (Lipinski definition) is 2. The van der Waals surface area contributed by atoms with E-state index in [-0.39, 0.29) is 23.9 Å². The molecule has 114 valence electrons. The maximum atomic E-state index is 13.0. The number of aromatic hydroxyl groups is 1. The van der Waals surface area contributed by atoms with E-state index in [1.165, 1.54) is 37.6 Å². The average molecular weight is 302 g/mol. The predicted octanol–water partition coefficient (Wildman–Crippen LogP) is 2.23. The molecule has 2 rings (SSSR count). The van der Waals surface area contributed by atoms with E-state index in [0.29, 0.717) is 16.9 Å². The summed E-state index contributed by atoms with van der Waals surface area (Å²) >= 11 is 0. The van der Waals surface area contributed by atoms with E-state index in [1.807, 2.05) is 0 Å². The molecule has 0 radical (unpaired) electrons. The standard InChI is InChI=1S/C16H15FN2O3/c1-22-15-9-14(20)6-5-12(15)10-18-19-16(21)8-11-3-2-4-13(17)7-11/h2-7,9-10,20H,8H2,1H3,(H,19,21)/b18-10+. The van der Waals surface area contributed by atoms with E-state index >= 15 is 0 Å². The quantitative estimate of drug-likeness (QED) is 0.657. The first kappa shape index (κ1) is 15.5. The largest absolute Gasteiger partial charge is 0.508 e. The zero-order chi connectivity index (χ0) is 15.9. The summed E-state index contributed by atoms with van der Waals surface area (Å²) in [7, 11) is 1.47. The number of phenols is 1. The fourth-order valence-electron chi connectivity index (χ4n) is 1.85. The number of halogens is 1. The summed E-state index contributed by atoms with van der Waals surface area (Å²) in [5, 5.41) is 13.2. The van der Waals surface area contributed by atoms with Gasteiger partial charge in [-0.25, -0.2) is 9.82 Å². The number of hydrazone groups is 1. The van der Waals surface area contributed by atoms with Gasteiger partial charge in [-0.2, -0.15) is 5.10 Å². The maximum Gasteiger partial charge on any atom is 0.244 e. The van der Waals surface area contributed by atoms with Gasteiger partial charge >= 0.3 is 0 Å². The second kappa shape index (κ2) is 7.21. The molecule has 0 saturated carbocycles. The van der Waals surface area contributed by atoms with Crippen molar-refractivity contribution in [2.45, 2.75) is 6.42 Å². The van der Waals surface area contributed by atoms with Gasteiger partial charge in [0.25, 0.3) is 0 Å². The molecule has 0 unspecified atom stereocenters. The van der Waals surface area contributed by atoms with E-state index in [9.17, 15) is 14.3 Å². The zero-order valence-corrected chi connectivity index (χ0v) is 11.9. The van der Waals surface area contributed by atoms with Gasteiger partial charge in [0.05, 0.1) is 19.7 Å². The van der Waals surface area contributed by atoms with E-state index in [0.717, 1.165) is 0 Å². The van der Waals surface area contributed by atoms with Crippen molar-refractivity contribution < 1.29 is 19.0 Å². The van der Waals surface area contributed by atoms with Crippen LogP contribution < -0.4 is 10.2 Å². The first-order valence-corrected chi connectivity index (χ1v) is 6.52. The summed E-state index contributed by atoms with van der Waals surface area (Å²) < 4.78 is 18.1. The number of benzene rings is 2. The van der Waals surface area contributed by atoms with Crippen LogP contribution in [0.3, 0.4) is 0 Å². The molecule has 0 aliphatic rings. The smallest absolute Gasteiger partial charge is 0.244 e. The number of nitrogens with one attached hydrogen (secondary N) is 1. The van der Waals surface area contributed by atoms with Crippen molar-refractivity contribution >= 4 is 12.1 Å². The third-order valence-corrected chi connectivity index (χ3v) is 2.86. The molecule has 0 fully saturated rings. The first-order chi connectivity index (χ1) is 10.6. The minimum atomic E-state index is -0.386. The van der Waals surface area contributed by atoms with Crippen LogP contribution in [0.5, 0.6) is 11.5 Å². The first-order valence-electron chi connectivity index (χ1n) is 6.52. The molecule has 2 aromatic rings. The highest BCUT2D eigenvalue weighted by molar-refractivity contribution is 5.86. The molecule has 22 heavy (non-hydrogen) atoms. The SMILES string of the molecule is COc1cc(O)ccc1/C=N/NC(=O)Cc1cccc(F)c1. The van der Waals surface area contributed by atoms with Gasteiger partial charge in [-0.05, 0) is 29.8 Å². The minimum absolute atomic E-state index is 0.0296. The van der Waals surface area contributed by atoms with Crippen LogP contribution >= 0.6 is 0 Å². The van der Waals surface area contributed by atoms with Gasteiger partial charge in [0, 0.05) is 11.6 Å². The Hall–Kier alpha value is -2.89. The van der Waals surface area contributed by atoms with E-state index < -0.39 is 0 Å². The van der Waals surface area contributed by atoms with Gasteiger partial charge in [-0.1, -0.05) is 12.1 Å². The molecular weight excluding hydrogens is 287 g/mol. The van der Waals surface area contributed by atoms with Crippen LogP contribution in [0.1, 0.15) is 11.1 Å². The van der Waals surface area contributed by atoms with Crippen LogP contribution in [-0.2, 0) is 11.2 Å². The summed E-state index contributed by atoms with van der Waals surface area (Å²) in [6, 6.07) is 10.4. The lowest BCUT2D eigenvalue weighted by molar-refractivity contribution is -0.120. The minimum Gasteiger partial charge on any atom is -0.508 e. The van der Waals surface area contributed by atoms with Crippen molar-refractivity contribution in [1.29, 1.82) is 0 Å². The molecule has 2 N–H and O–H groups in total. The number of phenolic OH excluding ortho intramolecular Hbond substituents is 1. The van der Waals surface area contributed by atoms with Crippen LogP contribution in [-0.4, -0.2) is 24.3 Å². The molecule has 5 nitrogen and oxygen atoms in total. The molecule has 0 aliphatic heterocycles. The Bertz CT molecular complexity index is 702. The van der Waals surface area contributed by atoms with Gasteiger partial charge < -0.3 is 9.84 Å². The Kier molecular flexibility index (Phi) is 5.08. The molecule has 0 aromatic heterocycles. The highest BCUT2D eigenvalue weighted by Crippen LogP contribution is 2.22. The van der Waals surface area contributed by atoms with Gasteiger partial charge in [-0.3, -0.25) is 4.79 Å². The van der Waals surface area contributed by atoms with E-state index in [2.05, 4.69) is 10.5 Å².